The summed E-state index contributed by atoms with van der Waals surface area (Å²) in [6.07, 6.45) is 7.49. The van der Waals surface area contributed by atoms with Crippen molar-refractivity contribution < 1.29 is 4.52 Å². The third-order valence-electron chi connectivity index (χ3n) is 5.19. The predicted molar refractivity (Wildman–Crippen MR) is 88.0 cm³/mol. The van der Waals surface area contributed by atoms with Crippen LogP contribution in [0.2, 0.25) is 0 Å². The second kappa shape index (κ2) is 6.78. The highest BCUT2D eigenvalue weighted by Crippen LogP contribution is 2.32. The lowest BCUT2D eigenvalue weighted by Crippen LogP contribution is -2.22. The molecule has 1 saturated carbocycles. The van der Waals surface area contributed by atoms with Crippen LogP contribution >= 0.6 is 0 Å². The van der Waals surface area contributed by atoms with E-state index in [0.29, 0.717) is 11.6 Å². The molecular weight excluding hydrogens is 302 g/mol. The van der Waals surface area contributed by atoms with Gasteiger partial charge in [0.25, 0.3) is 0 Å². The molecule has 4 rings (SSSR count). The van der Waals surface area contributed by atoms with Crippen LogP contribution in [0.3, 0.4) is 0 Å². The molecule has 0 saturated heterocycles. The van der Waals surface area contributed by atoms with Crippen LogP contribution in [0, 0.1) is 11.3 Å². The van der Waals surface area contributed by atoms with Crippen molar-refractivity contribution in [2.45, 2.75) is 64.1 Å². The third kappa shape index (κ3) is 3.22. The van der Waals surface area contributed by atoms with E-state index in [2.05, 4.69) is 27.3 Å². The maximum Gasteiger partial charge on any atom is 0.162 e. The fourth-order valence-electron chi connectivity index (χ4n) is 3.93. The summed E-state index contributed by atoms with van der Waals surface area (Å²) < 4.78 is 7.57. The SMILES string of the molecule is N#Cc1cc2n(n1)CCCN(Cc1cc(C3CCCCC3)no1)C2. The van der Waals surface area contributed by atoms with Gasteiger partial charge in [-0.1, -0.05) is 24.4 Å². The van der Waals surface area contributed by atoms with Crippen LogP contribution in [0.1, 0.15) is 67.3 Å². The van der Waals surface area contributed by atoms with Crippen molar-refractivity contribution in [2.24, 2.45) is 0 Å². The summed E-state index contributed by atoms with van der Waals surface area (Å²) in [6, 6.07) is 6.18. The highest BCUT2D eigenvalue weighted by Gasteiger charge is 2.21. The molecule has 1 aliphatic carbocycles. The van der Waals surface area contributed by atoms with E-state index in [0.717, 1.165) is 49.7 Å². The maximum absolute atomic E-state index is 9.02. The summed E-state index contributed by atoms with van der Waals surface area (Å²) in [5.41, 5.74) is 2.75. The molecule has 0 atom stereocenters. The molecule has 0 bridgehead atoms. The average molecular weight is 325 g/mol. The molecule has 6 heteroatoms. The quantitative estimate of drug-likeness (QED) is 0.866. The first kappa shape index (κ1) is 15.4. The second-order valence-electron chi connectivity index (χ2n) is 6.97. The second-order valence-corrected chi connectivity index (χ2v) is 6.97. The van der Waals surface area contributed by atoms with Gasteiger partial charge >= 0.3 is 0 Å². The summed E-state index contributed by atoms with van der Waals surface area (Å²) in [6.45, 7) is 3.45. The Labute approximate surface area is 142 Å². The molecule has 1 aliphatic heterocycles. The van der Waals surface area contributed by atoms with E-state index < -0.39 is 0 Å². The van der Waals surface area contributed by atoms with Gasteiger partial charge in [0.2, 0.25) is 0 Å². The number of aryl methyl sites for hydroxylation is 1. The predicted octanol–water partition coefficient (Wildman–Crippen LogP) is 3.20. The first-order valence-electron chi connectivity index (χ1n) is 8.96. The molecule has 2 aromatic heterocycles. The number of rotatable bonds is 3. The van der Waals surface area contributed by atoms with Crippen molar-refractivity contribution >= 4 is 0 Å². The highest BCUT2D eigenvalue weighted by atomic mass is 16.5. The third-order valence-corrected chi connectivity index (χ3v) is 5.19. The Balaban J connectivity index is 1.43. The van der Waals surface area contributed by atoms with Gasteiger partial charge < -0.3 is 4.52 Å². The minimum Gasteiger partial charge on any atom is -0.360 e. The molecule has 3 heterocycles. The van der Waals surface area contributed by atoms with E-state index in [1.165, 1.54) is 32.1 Å². The van der Waals surface area contributed by atoms with E-state index in [9.17, 15) is 0 Å². The smallest absolute Gasteiger partial charge is 0.162 e. The monoisotopic (exact) mass is 325 g/mol. The zero-order valence-corrected chi connectivity index (χ0v) is 13.9. The fraction of sp³-hybridized carbons (Fsp3) is 0.611. The van der Waals surface area contributed by atoms with Crippen LogP contribution in [0.15, 0.2) is 16.7 Å². The summed E-state index contributed by atoms with van der Waals surface area (Å²) >= 11 is 0. The lowest BCUT2D eigenvalue weighted by Gasteiger charge is -2.18. The zero-order valence-electron chi connectivity index (χ0n) is 13.9. The molecule has 126 valence electrons. The standard InChI is InChI=1S/C18H23N5O/c19-11-15-9-16-12-22(7-4-8-23(16)20-15)13-17-10-18(21-24-17)14-5-2-1-3-6-14/h9-10,14H,1-8,12-13H2. The van der Waals surface area contributed by atoms with Crippen molar-refractivity contribution in [3.63, 3.8) is 0 Å². The maximum atomic E-state index is 9.02. The van der Waals surface area contributed by atoms with Crippen LogP contribution in [0.4, 0.5) is 0 Å². The number of nitriles is 1. The van der Waals surface area contributed by atoms with Gasteiger partial charge in [0.05, 0.1) is 17.9 Å². The first-order chi connectivity index (χ1) is 11.8. The molecule has 2 aliphatic rings. The van der Waals surface area contributed by atoms with Crippen molar-refractivity contribution in [1.29, 1.82) is 5.26 Å². The van der Waals surface area contributed by atoms with Gasteiger partial charge in [-0.15, -0.1) is 0 Å². The van der Waals surface area contributed by atoms with Gasteiger partial charge in [0.1, 0.15) is 6.07 Å². The normalized spacial score (nSPS) is 19.6. The molecule has 24 heavy (non-hydrogen) atoms. The molecule has 0 radical (unpaired) electrons. The van der Waals surface area contributed by atoms with Gasteiger partial charge in [0.15, 0.2) is 11.5 Å². The van der Waals surface area contributed by atoms with Crippen molar-refractivity contribution in [3.8, 4) is 6.07 Å². The first-order valence-corrected chi connectivity index (χ1v) is 8.96. The Bertz CT molecular complexity index is 735. The Kier molecular flexibility index (Phi) is 4.35. The minimum absolute atomic E-state index is 0.506. The Morgan fingerprint density at radius 3 is 2.88 bits per heavy atom. The van der Waals surface area contributed by atoms with Crippen LogP contribution in [0.5, 0.6) is 0 Å². The van der Waals surface area contributed by atoms with Crippen molar-refractivity contribution in [1.82, 2.24) is 19.8 Å². The molecule has 0 spiro atoms. The highest BCUT2D eigenvalue weighted by molar-refractivity contribution is 5.23. The molecule has 0 N–H and O–H groups in total. The number of fused-ring (bicyclic) bond motifs is 1. The lowest BCUT2D eigenvalue weighted by molar-refractivity contribution is 0.225. The largest absolute Gasteiger partial charge is 0.360 e. The van der Waals surface area contributed by atoms with Crippen molar-refractivity contribution in [2.75, 3.05) is 6.54 Å². The van der Waals surface area contributed by atoms with E-state index in [4.69, 9.17) is 9.78 Å². The minimum atomic E-state index is 0.506. The Morgan fingerprint density at radius 2 is 2.04 bits per heavy atom. The molecule has 0 unspecified atom stereocenters. The Hall–Kier alpha value is -2.13. The number of aromatic nitrogens is 3. The summed E-state index contributed by atoms with van der Waals surface area (Å²) in [7, 11) is 0. The molecule has 0 amide bonds. The van der Waals surface area contributed by atoms with Gasteiger partial charge in [-0.25, -0.2) is 0 Å². The summed E-state index contributed by atoms with van der Waals surface area (Å²) in [5, 5.41) is 17.7. The topological polar surface area (TPSA) is 70.9 Å². The molecule has 0 aromatic carbocycles. The van der Waals surface area contributed by atoms with Crippen molar-refractivity contribution in [3.05, 3.63) is 35.0 Å². The molecule has 6 nitrogen and oxygen atoms in total. The number of hydrogen-bond acceptors (Lipinski definition) is 5. The van der Waals surface area contributed by atoms with Gasteiger partial charge in [0, 0.05) is 31.6 Å². The van der Waals surface area contributed by atoms with Gasteiger partial charge in [-0.2, -0.15) is 10.4 Å². The van der Waals surface area contributed by atoms with E-state index in [-0.39, 0.29) is 0 Å². The zero-order chi connectivity index (χ0) is 16.4. The average Bonchev–Trinajstić information content (AvgIpc) is 3.19. The summed E-state index contributed by atoms with van der Waals surface area (Å²) in [5.74, 6) is 1.53. The fourth-order valence-corrected chi connectivity index (χ4v) is 3.93. The van der Waals surface area contributed by atoms with Gasteiger partial charge in [-0.05, 0) is 25.3 Å². The van der Waals surface area contributed by atoms with Gasteiger partial charge in [-0.3, -0.25) is 9.58 Å². The molecule has 2 aromatic rings. The summed E-state index contributed by atoms with van der Waals surface area (Å²) in [4.78, 5) is 2.35. The van der Waals surface area contributed by atoms with Crippen LogP contribution in [0.25, 0.3) is 0 Å². The van der Waals surface area contributed by atoms with E-state index in [1.54, 1.807) is 0 Å². The number of hydrogen-bond donors (Lipinski definition) is 0. The van der Waals surface area contributed by atoms with E-state index in [1.807, 2.05) is 10.7 Å². The number of nitrogens with zero attached hydrogens (tertiary/aromatic N) is 5. The lowest BCUT2D eigenvalue weighted by atomic mass is 9.87. The van der Waals surface area contributed by atoms with E-state index >= 15 is 0 Å². The molecule has 1 fully saturated rings. The molecular formula is C18H23N5O. The van der Waals surface area contributed by atoms with Crippen LogP contribution < -0.4 is 0 Å². The van der Waals surface area contributed by atoms with Crippen LogP contribution in [-0.4, -0.2) is 26.4 Å². The Morgan fingerprint density at radius 1 is 1.17 bits per heavy atom. The van der Waals surface area contributed by atoms with Crippen LogP contribution in [-0.2, 0) is 19.6 Å².